The van der Waals surface area contributed by atoms with E-state index >= 15 is 0 Å². The van der Waals surface area contributed by atoms with E-state index in [2.05, 4.69) is 4.98 Å². The van der Waals surface area contributed by atoms with Gasteiger partial charge in [0.15, 0.2) is 10.9 Å². The molecule has 0 aliphatic carbocycles. The summed E-state index contributed by atoms with van der Waals surface area (Å²) in [7, 11) is 1.72. The van der Waals surface area contributed by atoms with E-state index in [1.54, 1.807) is 23.7 Å². The Kier molecular flexibility index (Phi) is 3.04. The van der Waals surface area contributed by atoms with Crippen LogP contribution in [0.15, 0.2) is 58.1 Å². The summed E-state index contributed by atoms with van der Waals surface area (Å²) >= 11 is 0. The molecule has 0 aliphatic heterocycles. The van der Waals surface area contributed by atoms with E-state index < -0.39 is 11.6 Å². The number of rotatable bonds is 0. The van der Waals surface area contributed by atoms with Crippen LogP contribution in [0.2, 0.25) is 0 Å². The average Bonchev–Trinajstić information content (AvgIpc) is 2.65. The average molecular weight is 362 g/mol. The first-order valence-electron chi connectivity index (χ1n) is 8.31. The lowest BCUT2D eigenvalue weighted by molar-refractivity contribution is 0.628. The first-order chi connectivity index (χ1) is 12.9. The lowest BCUT2D eigenvalue weighted by Crippen LogP contribution is -2.11. The summed E-state index contributed by atoms with van der Waals surface area (Å²) < 4.78 is 28.9. The molecule has 4 nitrogen and oxygen atoms in total. The summed E-state index contributed by atoms with van der Waals surface area (Å²) in [5.41, 5.74) is 1.28. The van der Waals surface area contributed by atoms with E-state index in [1.807, 2.05) is 0 Å². The van der Waals surface area contributed by atoms with Crippen LogP contribution in [-0.4, -0.2) is 9.55 Å². The summed E-state index contributed by atoms with van der Waals surface area (Å²) in [6.45, 7) is 0. The number of H-pyrrole nitrogens is 1. The number of halogens is 2. The van der Waals surface area contributed by atoms with E-state index in [0.717, 1.165) is 0 Å². The van der Waals surface area contributed by atoms with Crippen LogP contribution >= 0.6 is 0 Å². The van der Waals surface area contributed by atoms with Crippen LogP contribution < -0.4 is 10.9 Å². The molecule has 0 amide bonds. The largest absolute Gasteiger partial charge is 0.354 e. The van der Waals surface area contributed by atoms with E-state index in [1.165, 1.54) is 36.4 Å². The molecule has 0 spiro atoms. The number of aromatic nitrogens is 2. The second-order valence-corrected chi connectivity index (χ2v) is 6.61. The van der Waals surface area contributed by atoms with Gasteiger partial charge in [0.25, 0.3) is 0 Å². The van der Waals surface area contributed by atoms with Gasteiger partial charge in [-0.1, -0.05) is 0 Å². The number of benzene rings is 3. The Morgan fingerprint density at radius 2 is 1.30 bits per heavy atom. The second-order valence-electron chi connectivity index (χ2n) is 6.61. The topological polar surface area (TPSA) is 54.9 Å². The van der Waals surface area contributed by atoms with Crippen molar-refractivity contribution in [1.29, 1.82) is 0 Å². The minimum atomic E-state index is -0.456. The number of nitrogens with zero attached hydrogens (tertiary/aromatic N) is 1. The van der Waals surface area contributed by atoms with Gasteiger partial charge in [-0.05, 0) is 48.5 Å². The van der Waals surface area contributed by atoms with Crippen LogP contribution in [-0.2, 0) is 7.05 Å². The molecule has 5 aromatic rings. The molecule has 0 saturated heterocycles. The zero-order valence-corrected chi connectivity index (χ0v) is 14.1. The number of fused-ring (bicyclic) bond motifs is 4. The van der Waals surface area contributed by atoms with Crippen LogP contribution in [0.25, 0.3) is 43.6 Å². The molecule has 132 valence electrons. The molecule has 2 aromatic heterocycles. The van der Waals surface area contributed by atoms with E-state index in [-0.39, 0.29) is 10.9 Å². The zero-order chi connectivity index (χ0) is 18.9. The van der Waals surface area contributed by atoms with Crippen molar-refractivity contribution in [3.05, 3.63) is 80.6 Å². The standard InChI is InChI=1S/C21H12F2N2O2/c1-25-18-7-11(23)3-5-13(18)21(27)15-8-17-14(9-19(15)25)20(26)12-4-2-10(22)6-16(12)24-17/h2-9H,1H3,(H,24,26). The zero-order valence-electron chi connectivity index (χ0n) is 14.1. The highest BCUT2D eigenvalue weighted by Crippen LogP contribution is 2.24. The van der Waals surface area contributed by atoms with Crippen LogP contribution in [0.5, 0.6) is 0 Å². The van der Waals surface area contributed by atoms with Crippen molar-refractivity contribution in [2.24, 2.45) is 7.05 Å². The van der Waals surface area contributed by atoms with Gasteiger partial charge in [0.2, 0.25) is 0 Å². The SMILES string of the molecule is Cn1c2cc(F)ccc2c(=O)c2cc3[nH]c4cc(F)ccc4c(=O)c3cc21. The minimum absolute atomic E-state index is 0.250. The fourth-order valence-electron chi connectivity index (χ4n) is 3.70. The number of hydrogen-bond acceptors (Lipinski definition) is 2. The first kappa shape index (κ1) is 15.7. The Hall–Kier alpha value is -3.54. The molecule has 6 heteroatoms. The summed E-state index contributed by atoms with van der Waals surface area (Å²) in [6.07, 6.45) is 0. The maximum atomic E-state index is 13.7. The number of aryl methyl sites for hydroxylation is 1. The van der Waals surface area contributed by atoms with Gasteiger partial charge in [-0.25, -0.2) is 8.78 Å². The minimum Gasteiger partial charge on any atom is -0.354 e. The number of nitrogens with one attached hydrogen (secondary N) is 1. The van der Waals surface area contributed by atoms with Crippen molar-refractivity contribution >= 4 is 43.6 Å². The van der Waals surface area contributed by atoms with Gasteiger partial charge in [-0.2, -0.15) is 0 Å². The highest BCUT2D eigenvalue weighted by Gasteiger charge is 2.13. The Labute approximate surface area is 150 Å². The molecular weight excluding hydrogens is 350 g/mol. The Morgan fingerprint density at radius 3 is 2.07 bits per heavy atom. The molecule has 0 unspecified atom stereocenters. The van der Waals surface area contributed by atoms with Gasteiger partial charge in [-0.15, -0.1) is 0 Å². The Bertz CT molecular complexity index is 1550. The monoisotopic (exact) mass is 362 g/mol. The lowest BCUT2D eigenvalue weighted by atomic mass is 10.0. The fraction of sp³-hybridized carbons (Fsp3) is 0.0476. The van der Waals surface area contributed by atoms with Crippen molar-refractivity contribution in [2.45, 2.75) is 0 Å². The third-order valence-corrected chi connectivity index (χ3v) is 5.05. The van der Waals surface area contributed by atoms with E-state index in [0.29, 0.717) is 43.6 Å². The van der Waals surface area contributed by atoms with Crippen LogP contribution in [0.4, 0.5) is 8.78 Å². The van der Waals surface area contributed by atoms with Gasteiger partial charge in [-0.3, -0.25) is 9.59 Å². The number of pyridine rings is 2. The van der Waals surface area contributed by atoms with Gasteiger partial charge < -0.3 is 9.55 Å². The molecule has 0 atom stereocenters. The summed E-state index contributed by atoms with van der Waals surface area (Å²) in [5.74, 6) is -0.897. The molecule has 3 aromatic carbocycles. The summed E-state index contributed by atoms with van der Waals surface area (Å²) in [6, 6.07) is 11.1. The molecule has 27 heavy (non-hydrogen) atoms. The van der Waals surface area contributed by atoms with Gasteiger partial charge in [0.05, 0.1) is 22.1 Å². The molecule has 0 radical (unpaired) electrons. The molecule has 2 heterocycles. The third kappa shape index (κ3) is 2.13. The predicted octanol–water partition coefficient (Wildman–Crippen LogP) is 3.96. The van der Waals surface area contributed by atoms with Crippen LogP contribution in [0, 0.1) is 11.6 Å². The van der Waals surface area contributed by atoms with Crippen molar-refractivity contribution < 1.29 is 8.78 Å². The van der Waals surface area contributed by atoms with Crippen LogP contribution in [0.3, 0.4) is 0 Å². The lowest BCUT2D eigenvalue weighted by Gasteiger charge is -2.12. The maximum absolute atomic E-state index is 13.7. The van der Waals surface area contributed by atoms with Crippen molar-refractivity contribution in [1.82, 2.24) is 9.55 Å². The second kappa shape index (κ2) is 5.23. The molecule has 0 aliphatic rings. The van der Waals surface area contributed by atoms with Crippen molar-refractivity contribution in [3.63, 3.8) is 0 Å². The Balaban J connectivity index is 2.04. The molecule has 5 rings (SSSR count). The number of aromatic amines is 1. The quantitative estimate of drug-likeness (QED) is 0.424. The summed E-state index contributed by atoms with van der Waals surface area (Å²) in [5, 5.41) is 1.53. The highest BCUT2D eigenvalue weighted by atomic mass is 19.1. The highest BCUT2D eigenvalue weighted by molar-refractivity contribution is 6.03. The smallest absolute Gasteiger partial charge is 0.197 e. The molecule has 0 bridgehead atoms. The van der Waals surface area contributed by atoms with Crippen molar-refractivity contribution in [3.8, 4) is 0 Å². The molecule has 0 saturated carbocycles. The molecular formula is C21H12F2N2O2. The van der Waals surface area contributed by atoms with Crippen LogP contribution in [0.1, 0.15) is 0 Å². The number of hydrogen-bond donors (Lipinski definition) is 1. The van der Waals surface area contributed by atoms with E-state index in [9.17, 15) is 18.4 Å². The van der Waals surface area contributed by atoms with Gasteiger partial charge in [0, 0.05) is 28.6 Å². The third-order valence-electron chi connectivity index (χ3n) is 5.05. The van der Waals surface area contributed by atoms with Gasteiger partial charge >= 0.3 is 0 Å². The predicted molar refractivity (Wildman–Crippen MR) is 102 cm³/mol. The fourth-order valence-corrected chi connectivity index (χ4v) is 3.70. The van der Waals surface area contributed by atoms with Gasteiger partial charge in [0.1, 0.15) is 11.6 Å². The Morgan fingerprint density at radius 1 is 0.704 bits per heavy atom. The van der Waals surface area contributed by atoms with E-state index in [4.69, 9.17) is 0 Å². The molecule has 1 N–H and O–H groups in total. The molecule has 0 fully saturated rings. The summed E-state index contributed by atoms with van der Waals surface area (Å²) in [4.78, 5) is 28.8. The normalized spacial score (nSPS) is 11.8. The first-order valence-corrected chi connectivity index (χ1v) is 8.31. The maximum Gasteiger partial charge on any atom is 0.197 e. The van der Waals surface area contributed by atoms with Crippen molar-refractivity contribution in [2.75, 3.05) is 0 Å².